The fourth-order valence-corrected chi connectivity index (χ4v) is 2.93. The number of nitrogens with one attached hydrogen (secondary N) is 1. The number of nitrogens with two attached hydrogens (primary N) is 1. The van der Waals surface area contributed by atoms with Crippen LogP contribution in [0.3, 0.4) is 0 Å². The van der Waals surface area contributed by atoms with E-state index in [-0.39, 0.29) is 22.8 Å². The lowest BCUT2D eigenvalue weighted by molar-refractivity contribution is 0.0969. The van der Waals surface area contributed by atoms with E-state index in [2.05, 4.69) is 5.10 Å². The van der Waals surface area contributed by atoms with Crippen molar-refractivity contribution in [1.82, 2.24) is 14.3 Å². The number of nitrogen functional groups attached to an aromatic ring is 1. The maximum absolute atomic E-state index is 12.1. The smallest absolute Gasteiger partial charge is 0.294 e. The fourth-order valence-electron chi connectivity index (χ4n) is 2.45. The van der Waals surface area contributed by atoms with Gasteiger partial charge in [-0.2, -0.15) is 13.5 Å². The van der Waals surface area contributed by atoms with Gasteiger partial charge in [-0.05, 0) is 50.2 Å². The van der Waals surface area contributed by atoms with E-state index in [1.54, 1.807) is 54.9 Å². The van der Waals surface area contributed by atoms with Crippen molar-refractivity contribution in [1.29, 1.82) is 5.41 Å². The van der Waals surface area contributed by atoms with Crippen molar-refractivity contribution in [2.45, 2.75) is 25.3 Å². The van der Waals surface area contributed by atoms with Gasteiger partial charge in [-0.25, -0.2) is 4.68 Å². The molecule has 3 rings (SSSR count). The maximum Gasteiger partial charge on any atom is 0.294 e. The molecule has 0 unspecified atom stereocenters. The highest BCUT2D eigenvalue weighted by Crippen LogP contribution is 2.09. The Labute approximate surface area is 168 Å². The normalized spacial score (nSPS) is 10.9. The van der Waals surface area contributed by atoms with Crippen LogP contribution in [0, 0.1) is 19.3 Å². The van der Waals surface area contributed by atoms with E-state index >= 15 is 0 Å². The Bertz CT molecular complexity index is 1160. The molecule has 0 amide bonds. The van der Waals surface area contributed by atoms with Gasteiger partial charge in [0.15, 0.2) is 5.78 Å². The molecule has 0 aliphatic rings. The van der Waals surface area contributed by atoms with Crippen molar-refractivity contribution in [3.8, 4) is 0 Å². The van der Waals surface area contributed by atoms with Crippen LogP contribution in [0.4, 0.5) is 5.69 Å². The first-order valence-electron chi connectivity index (χ1n) is 8.57. The van der Waals surface area contributed by atoms with Gasteiger partial charge < -0.3 is 5.73 Å². The molecule has 0 saturated carbocycles. The lowest BCUT2D eigenvalue weighted by Crippen LogP contribution is -2.26. The predicted octanol–water partition coefficient (Wildman–Crippen LogP) is 1.72. The molecule has 4 N–H and O–H groups in total. The Hall–Kier alpha value is -3.24. The van der Waals surface area contributed by atoms with Crippen molar-refractivity contribution in [3.63, 3.8) is 0 Å². The molecular formula is C19H23N5O4S. The van der Waals surface area contributed by atoms with Crippen molar-refractivity contribution >= 4 is 21.6 Å². The molecule has 1 heterocycles. The number of anilines is 1. The van der Waals surface area contributed by atoms with Gasteiger partial charge in [0.05, 0.1) is 11.4 Å². The summed E-state index contributed by atoms with van der Waals surface area (Å²) < 4.78 is 32.6. The molecule has 0 radical (unpaired) electrons. The Kier molecular flexibility index (Phi) is 6.72. The third kappa shape index (κ3) is 5.87. The largest absolute Gasteiger partial charge is 0.399 e. The molecule has 1 aromatic heterocycles. The van der Waals surface area contributed by atoms with Crippen LogP contribution in [-0.2, 0) is 23.7 Å². The molecule has 0 aliphatic heterocycles. The highest BCUT2D eigenvalue weighted by Gasteiger charge is 2.11. The van der Waals surface area contributed by atoms with Gasteiger partial charge in [0.1, 0.15) is 5.82 Å². The second-order valence-electron chi connectivity index (χ2n) is 6.41. The van der Waals surface area contributed by atoms with Crippen LogP contribution in [0.1, 0.15) is 21.7 Å². The fraction of sp³-hybridized carbons (Fsp3) is 0.211. The lowest BCUT2D eigenvalue weighted by atomic mass is 10.1. The maximum atomic E-state index is 12.1. The first kappa shape index (κ1) is 22.1. The highest BCUT2D eigenvalue weighted by atomic mass is 32.2. The van der Waals surface area contributed by atoms with Crippen LogP contribution in [0.25, 0.3) is 0 Å². The molecule has 2 aromatic carbocycles. The summed E-state index contributed by atoms with van der Waals surface area (Å²) >= 11 is 0. The Balaban J connectivity index is 0.000000234. The summed E-state index contributed by atoms with van der Waals surface area (Å²) in [4.78, 5) is 12.0. The van der Waals surface area contributed by atoms with E-state index in [1.807, 2.05) is 6.92 Å². The topological polar surface area (TPSA) is 144 Å². The second-order valence-corrected chi connectivity index (χ2v) is 7.84. The molecule has 0 fully saturated rings. The minimum Gasteiger partial charge on any atom is -0.399 e. The van der Waals surface area contributed by atoms with Crippen molar-refractivity contribution in [3.05, 3.63) is 71.1 Å². The average Bonchev–Trinajstić information content (AvgIpc) is 2.88. The van der Waals surface area contributed by atoms with Crippen LogP contribution < -0.4 is 11.4 Å². The van der Waals surface area contributed by atoms with E-state index in [0.717, 1.165) is 5.56 Å². The summed E-state index contributed by atoms with van der Waals surface area (Å²) in [6.07, 6.45) is 0. The number of carbonyl (C=O) groups excluding carboxylic acids is 1. The summed E-state index contributed by atoms with van der Waals surface area (Å²) in [6.45, 7) is 3.73. The SMILES string of the molecule is Cc1ccc(S(=O)(=O)O)cc1.Cc1nn(C)c(=N)n1CC(=O)c1ccc(N)cc1. The molecule has 0 aliphatic carbocycles. The number of aryl methyl sites for hydroxylation is 3. The van der Waals surface area contributed by atoms with Gasteiger partial charge in [-0.1, -0.05) is 17.7 Å². The molecular weight excluding hydrogens is 394 g/mol. The van der Waals surface area contributed by atoms with Gasteiger partial charge in [-0.15, -0.1) is 0 Å². The quantitative estimate of drug-likeness (QED) is 0.335. The number of nitrogens with zero attached hydrogens (tertiary/aromatic N) is 3. The molecule has 0 saturated heterocycles. The van der Waals surface area contributed by atoms with Crippen LogP contribution >= 0.6 is 0 Å². The number of hydrogen-bond acceptors (Lipinski definition) is 6. The van der Waals surface area contributed by atoms with Crippen LogP contribution in [0.2, 0.25) is 0 Å². The Morgan fingerprint density at radius 3 is 2.10 bits per heavy atom. The van der Waals surface area contributed by atoms with Crippen LogP contribution in [-0.4, -0.2) is 33.1 Å². The number of rotatable bonds is 4. The van der Waals surface area contributed by atoms with Gasteiger partial charge in [0.2, 0.25) is 5.62 Å². The second kappa shape index (κ2) is 8.84. The molecule has 0 spiro atoms. The minimum atomic E-state index is -4.02. The summed E-state index contributed by atoms with van der Waals surface area (Å²) in [5.74, 6) is 0.580. The number of hydrogen-bond donors (Lipinski definition) is 3. The third-order valence-electron chi connectivity index (χ3n) is 4.10. The van der Waals surface area contributed by atoms with Crippen LogP contribution in [0.15, 0.2) is 53.4 Å². The predicted molar refractivity (Wildman–Crippen MR) is 108 cm³/mol. The monoisotopic (exact) mass is 417 g/mol. The number of ketones is 1. The summed E-state index contributed by atoms with van der Waals surface area (Å²) in [7, 11) is -2.34. The Morgan fingerprint density at radius 2 is 1.66 bits per heavy atom. The lowest BCUT2D eigenvalue weighted by Gasteiger charge is -2.04. The van der Waals surface area contributed by atoms with Gasteiger partial charge in [0, 0.05) is 18.3 Å². The molecule has 9 nitrogen and oxygen atoms in total. The number of benzene rings is 2. The van der Waals surface area contributed by atoms with Gasteiger partial charge in [-0.3, -0.25) is 19.3 Å². The average molecular weight is 417 g/mol. The first-order chi connectivity index (χ1) is 13.5. The zero-order valence-corrected chi connectivity index (χ0v) is 17.1. The van der Waals surface area contributed by atoms with Crippen LogP contribution in [0.5, 0.6) is 0 Å². The summed E-state index contributed by atoms with van der Waals surface area (Å²) in [5, 5.41) is 11.9. The van der Waals surface area contributed by atoms with E-state index in [4.69, 9.17) is 15.7 Å². The zero-order chi connectivity index (χ0) is 21.8. The summed E-state index contributed by atoms with van der Waals surface area (Å²) in [6, 6.07) is 12.7. The van der Waals surface area contributed by atoms with Crippen molar-refractivity contribution in [2.75, 3.05) is 5.73 Å². The Morgan fingerprint density at radius 1 is 1.10 bits per heavy atom. The zero-order valence-electron chi connectivity index (χ0n) is 16.3. The standard InChI is InChI=1S/C12H15N5O.C7H8O3S/c1-8-15-16(2)12(14)17(8)7-11(18)9-3-5-10(13)6-4-9;1-6-2-4-7(5-3-6)11(8,9)10/h3-6,14H,7,13H2,1-2H3;2-5H,1H3,(H,8,9,10). The van der Waals surface area contributed by atoms with E-state index < -0.39 is 10.1 Å². The number of Topliss-reactive ketones (excluding diaryl/α,β-unsaturated/α-hetero) is 1. The minimum absolute atomic E-state index is 0.0652. The molecule has 0 atom stereocenters. The molecule has 3 aromatic rings. The first-order valence-corrected chi connectivity index (χ1v) is 10.0. The molecule has 0 bridgehead atoms. The van der Waals surface area contributed by atoms with E-state index in [9.17, 15) is 13.2 Å². The molecule has 29 heavy (non-hydrogen) atoms. The summed E-state index contributed by atoms with van der Waals surface area (Å²) in [5.41, 5.74) is 7.94. The van der Waals surface area contributed by atoms with Crippen molar-refractivity contribution < 1.29 is 17.8 Å². The van der Waals surface area contributed by atoms with E-state index in [0.29, 0.717) is 17.1 Å². The van der Waals surface area contributed by atoms with E-state index in [1.165, 1.54) is 16.8 Å². The van der Waals surface area contributed by atoms with Gasteiger partial charge in [0.25, 0.3) is 10.1 Å². The number of carbonyl (C=O) groups is 1. The number of aromatic nitrogens is 3. The van der Waals surface area contributed by atoms with Crippen molar-refractivity contribution in [2.24, 2.45) is 7.05 Å². The van der Waals surface area contributed by atoms with Gasteiger partial charge >= 0.3 is 0 Å². The highest BCUT2D eigenvalue weighted by molar-refractivity contribution is 7.85. The molecule has 10 heteroatoms. The molecule has 154 valence electrons. The third-order valence-corrected chi connectivity index (χ3v) is 4.97.